The van der Waals surface area contributed by atoms with E-state index in [1.807, 2.05) is 12.1 Å². The first-order valence-electron chi connectivity index (χ1n) is 6.69. The van der Waals surface area contributed by atoms with Gasteiger partial charge in [-0.1, -0.05) is 18.5 Å². The first-order chi connectivity index (χ1) is 9.04. The maximum absolute atomic E-state index is 6.04. The monoisotopic (exact) mass is 276 g/mol. The van der Waals surface area contributed by atoms with Gasteiger partial charge in [0.1, 0.15) is 0 Å². The number of benzene rings is 1. The van der Waals surface area contributed by atoms with Crippen molar-refractivity contribution in [3.05, 3.63) is 51.8 Å². The number of nitrogens with one attached hydrogen (secondary N) is 1. The molecule has 1 aromatic carbocycles. The van der Waals surface area contributed by atoms with Gasteiger partial charge in [0.25, 0.3) is 0 Å². The number of aromatic nitrogens is 1. The molecule has 0 bridgehead atoms. The molecule has 2 nitrogen and oxygen atoms in total. The molecule has 0 saturated carbocycles. The highest BCUT2D eigenvalue weighted by atomic mass is 35.5. The Hall–Kier alpha value is -1.25. The summed E-state index contributed by atoms with van der Waals surface area (Å²) in [5, 5.41) is 4.18. The average molecular weight is 277 g/mol. The van der Waals surface area contributed by atoms with E-state index in [1.54, 1.807) is 0 Å². The fourth-order valence-electron chi connectivity index (χ4n) is 2.51. The van der Waals surface area contributed by atoms with Gasteiger partial charge in [-0.05, 0) is 62.7 Å². The van der Waals surface area contributed by atoms with Crippen molar-refractivity contribution in [1.29, 1.82) is 0 Å². The normalized spacial score (nSPS) is 11.0. The van der Waals surface area contributed by atoms with Crippen molar-refractivity contribution >= 4 is 11.6 Å². The van der Waals surface area contributed by atoms with Crippen LogP contribution >= 0.6 is 11.6 Å². The SMILES string of the molecule is CCNCc1cc(C)n(-c2ccc(Cl)cc2C)c1C. The Kier molecular flexibility index (Phi) is 4.33. The van der Waals surface area contributed by atoms with Crippen molar-refractivity contribution in [2.45, 2.75) is 34.2 Å². The quantitative estimate of drug-likeness (QED) is 0.887. The van der Waals surface area contributed by atoms with Crippen LogP contribution in [-0.2, 0) is 6.54 Å². The molecule has 0 amide bonds. The van der Waals surface area contributed by atoms with Crippen LogP contribution in [0, 0.1) is 20.8 Å². The number of rotatable bonds is 4. The molecular formula is C16H21ClN2. The summed E-state index contributed by atoms with van der Waals surface area (Å²) in [7, 11) is 0. The molecule has 0 radical (unpaired) electrons. The minimum absolute atomic E-state index is 0.789. The Morgan fingerprint density at radius 2 is 1.89 bits per heavy atom. The molecule has 0 saturated heterocycles. The predicted octanol–water partition coefficient (Wildman–Crippen LogP) is 4.17. The lowest BCUT2D eigenvalue weighted by Gasteiger charge is -2.13. The molecular weight excluding hydrogens is 256 g/mol. The van der Waals surface area contributed by atoms with Crippen LogP contribution in [0.25, 0.3) is 5.69 Å². The first kappa shape index (κ1) is 14.2. The highest BCUT2D eigenvalue weighted by Gasteiger charge is 2.11. The Morgan fingerprint density at radius 1 is 1.16 bits per heavy atom. The molecule has 2 rings (SSSR count). The number of hydrogen-bond donors (Lipinski definition) is 1. The van der Waals surface area contributed by atoms with Crippen molar-refractivity contribution in [2.75, 3.05) is 6.54 Å². The van der Waals surface area contributed by atoms with Crippen LogP contribution < -0.4 is 5.32 Å². The van der Waals surface area contributed by atoms with Gasteiger partial charge in [-0.15, -0.1) is 0 Å². The van der Waals surface area contributed by atoms with Crippen LogP contribution in [0.3, 0.4) is 0 Å². The maximum Gasteiger partial charge on any atom is 0.0485 e. The van der Waals surface area contributed by atoms with Gasteiger partial charge in [0, 0.05) is 28.6 Å². The molecule has 1 N–H and O–H groups in total. The predicted molar refractivity (Wildman–Crippen MR) is 82.4 cm³/mol. The summed E-state index contributed by atoms with van der Waals surface area (Å²) in [6, 6.07) is 8.31. The van der Waals surface area contributed by atoms with Gasteiger partial charge in [-0.2, -0.15) is 0 Å². The van der Waals surface area contributed by atoms with Crippen molar-refractivity contribution in [3.8, 4) is 5.69 Å². The smallest absolute Gasteiger partial charge is 0.0485 e. The number of halogens is 1. The van der Waals surface area contributed by atoms with Gasteiger partial charge in [0.2, 0.25) is 0 Å². The second-order valence-corrected chi connectivity index (χ2v) is 5.38. The second kappa shape index (κ2) is 5.81. The van der Waals surface area contributed by atoms with E-state index in [4.69, 9.17) is 11.6 Å². The molecule has 0 aliphatic heterocycles. The van der Waals surface area contributed by atoms with Crippen LogP contribution in [0.15, 0.2) is 24.3 Å². The summed E-state index contributed by atoms with van der Waals surface area (Å²) in [5.41, 5.74) is 6.32. The minimum Gasteiger partial charge on any atom is -0.318 e. The summed E-state index contributed by atoms with van der Waals surface area (Å²) in [6.45, 7) is 10.5. The Labute approximate surface area is 120 Å². The average Bonchev–Trinajstić information content (AvgIpc) is 2.63. The van der Waals surface area contributed by atoms with Gasteiger partial charge < -0.3 is 9.88 Å². The van der Waals surface area contributed by atoms with E-state index in [9.17, 15) is 0 Å². The lowest BCUT2D eigenvalue weighted by Crippen LogP contribution is -2.12. The van der Waals surface area contributed by atoms with Crippen molar-refractivity contribution in [1.82, 2.24) is 9.88 Å². The largest absolute Gasteiger partial charge is 0.318 e. The number of nitrogens with zero attached hydrogens (tertiary/aromatic N) is 1. The van der Waals surface area contributed by atoms with Crippen LogP contribution in [0.4, 0.5) is 0 Å². The highest BCUT2D eigenvalue weighted by molar-refractivity contribution is 6.30. The molecule has 0 aliphatic carbocycles. The molecule has 0 fully saturated rings. The molecule has 2 aromatic rings. The Morgan fingerprint density at radius 3 is 2.53 bits per heavy atom. The fraction of sp³-hybridized carbons (Fsp3) is 0.375. The second-order valence-electron chi connectivity index (χ2n) is 4.94. The topological polar surface area (TPSA) is 17.0 Å². The van der Waals surface area contributed by atoms with Crippen LogP contribution in [0.5, 0.6) is 0 Å². The maximum atomic E-state index is 6.04. The van der Waals surface area contributed by atoms with E-state index >= 15 is 0 Å². The summed E-state index contributed by atoms with van der Waals surface area (Å²) >= 11 is 6.04. The third-order valence-electron chi connectivity index (χ3n) is 3.50. The molecule has 1 aromatic heterocycles. The zero-order valence-electron chi connectivity index (χ0n) is 12.0. The molecule has 102 valence electrons. The van der Waals surface area contributed by atoms with Crippen LogP contribution in [0.2, 0.25) is 5.02 Å². The zero-order chi connectivity index (χ0) is 14.0. The highest BCUT2D eigenvalue weighted by Crippen LogP contribution is 2.25. The number of aryl methyl sites for hydroxylation is 2. The van der Waals surface area contributed by atoms with Crippen LogP contribution in [0.1, 0.15) is 29.4 Å². The molecule has 3 heteroatoms. The summed E-state index contributed by atoms with van der Waals surface area (Å²) in [4.78, 5) is 0. The van der Waals surface area contributed by atoms with Gasteiger partial charge >= 0.3 is 0 Å². The summed E-state index contributed by atoms with van der Waals surface area (Å²) in [5.74, 6) is 0. The Bertz CT molecular complexity index is 585. The lowest BCUT2D eigenvalue weighted by molar-refractivity contribution is 0.722. The first-order valence-corrected chi connectivity index (χ1v) is 7.07. The third-order valence-corrected chi connectivity index (χ3v) is 3.74. The van der Waals surface area contributed by atoms with Crippen molar-refractivity contribution in [3.63, 3.8) is 0 Å². The van der Waals surface area contributed by atoms with E-state index in [-0.39, 0.29) is 0 Å². The summed E-state index contributed by atoms with van der Waals surface area (Å²) < 4.78 is 2.30. The van der Waals surface area contributed by atoms with Gasteiger partial charge in [-0.25, -0.2) is 0 Å². The van der Waals surface area contributed by atoms with Gasteiger partial charge in [-0.3, -0.25) is 0 Å². The molecule has 0 spiro atoms. The van der Waals surface area contributed by atoms with E-state index in [2.05, 4.69) is 49.7 Å². The Balaban J connectivity index is 2.47. The number of hydrogen-bond acceptors (Lipinski definition) is 1. The van der Waals surface area contributed by atoms with Crippen molar-refractivity contribution in [2.24, 2.45) is 0 Å². The molecule has 0 atom stereocenters. The standard InChI is InChI=1S/C16H21ClN2/c1-5-18-10-14-9-12(3)19(13(14)4)16-7-6-15(17)8-11(16)2/h6-9,18H,5,10H2,1-4H3. The summed E-state index contributed by atoms with van der Waals surface area (Å²) in [6.07, 6.45) is 0. The van der Waals surface area contributed by atoms with E-state index < -0.39 is 0 Å². The zero-order valence-corrected chi connectivity index (χ0v) is 12.8. The lowest BCUT2D eigenvalue weighted by atomic mass is 10.2. The molecule has 0 aliphatic rings. The fourth-order valence-corrected chi connectivity index (χ4v) is 2.73. The molecule has 0 unspecified atom stereocenters. The van der Waals surface area contributed by atoms with Crippen LogP contribution in [-0.4, -0.2) is 11.1 Å². The minimum atomic E-state index is 0.789. The van der Waals surface area contributed by atoms with Crippen molar-refractivity contribution < 1.29 is 0 Å². The van der Waals surface area contributed by atoms with Gasteiger partial charge in [0.15, 0.2) is 0 Å². The molecule has 19 heavy (non-hydrogen) atoms. The van der Waals surface area contributed by atoms with E-state index in [1.165, 1.54) is 28.2 Å². The molecule has 1 heterocycles. The third kappa shape index (κ3) is 2.85. The van der Waals surface area contributed by atoms with E-state index in [0.29, 0.717) is 0 Å². The van der Waals surface area contributed by atoms with E-state index in [0.717, 1.165) is 18.1 Å². The van der Waals surface area contributed by atoms with Gasteiger partial charge in [0.05, 0.1) is 0 Å².